The fourth-order valence-electron chi connectivity index (χ4n) is 5.31. The van der Waals surface area contributed by atoms with Gasteiger partial charge in [-0.3, -0.25) is 4.90 Å². The van der Waals surface area contributed by atoms with Crippen LogP contribution in [0.1, 0.15) is 57.2 Å². The van der Waals surface area contributed by atoms with Crippen molar-refractivity contribution in [2.45, 2.75) is 52.5 Å². The molecule has 0 fully saturated rings. The lowest BCUT2D eigenvalue weighted by Gasteiger charge is -2.37. The summed E-state index contributed by atoms with van der Waals surface area (Å²) >= 11 is 0. The number of hydrogen-bond acceptors (Lipinski definition) is 6. The van der Waals surface area contributed by atoms with Gasteiger partial charge in [0, 0.05) is 30.5 Å². The van der Waals surface area contributed by atoms with Crippen molar-refractivity contribution in [2.75, 3.05) is 27.5 Å². The lowest BCUT2D eigenvalue weighted by atomic mass is 9.68. The molecule has 6 nitrogen and oxygen atoms in total. The zero-order chi connectivity index (χ0) is 22.2. The number of fused-ring (bicyclic) bond motifs is 2. The zero-order valence-corrected chi connectivity index (χ0v) is 19.3. The van der Waals surface area contributed by atoms with Gasteiger partial charge < -0.3 is 19.4 Å². The van der Waals surface area contributed by atoms with Crippen molar-refractivity contribution in [2.24, 2.45) is 16.5 Å². The SMILES string of the molecule is COc1c2c(cc3c1[C@@H](CC(/C=C\[C@@H]1C(C)=CCCC1(C)C)=N\O)N(C)CC3)OCO2. The zero-order valence-electron chi connectivity index (χ0n) is 19.3. The Bertz CT molecular complexity index is 932. The van der Waals surface area contributed by atoms with Crippen LogP contribution in [0.15, 0.2) is 35.0 Å². The van der Waals surface area contributed by atoms with E-state index < -0.39 is 0 Å². The van der Waals surface area contributed by atoms with E-state index in [4.69, 9.17) is 14.2 Å². The number of hydrogen-bond donors (Lipinski definition) is 1. The molecule has 0 radical (unpaired) electrons. The van der Waals surface area contributed by atoms with Crippen LogP contribution in [0.4, 0.5) is 0 Å². The molecule has 0 spiro atoms. The number of nitrogens with zero attached hydrogens (tertiary/aromatic N) is 2. The summed E-state index contributed by atoms with van der Waals surface area (Å²) < 4.78 is 17.1. The Morgan fingerprint density at radius 1 is 1.39 bits per heavy atom. The van der Waals surface area contributed by atoms with Gasteiger partial charge in [-0.1, -0.05) is 36.7 Å². The van der Waals surface area contributed by atoms with Gasteiger partial charge in [0.1, 0.15) is 0 Å². The van der Waals surface area contributed by atoms with Crippen molar-refractivity contribution < 1.29 is 19.4 Å². The average Bonchev–Trinajstić information content (AvgIpc) is 3.20. The quantitative estimate of drug-likeness (QED) is 0.307. The van der Waals surface area contributed by atoms with Crippen molar-refractivity contribution in [1.82, 2.24) is 4.90 Å². The van der Waals surface area contributed by atoms with Crippen molar-refractivity contribution in [3.8, 4) is 17.2 Å². The Kier molecular flexibility index (Phi) is 6.02. The smallest absolute Gasteiger partial charge is 0.231 e. The van der Waals surface area contributed by atoms with Crippen LogP contribution in [0.3, 0.4) is 0 Å². The van der Waals surface area contributed by atoms with Gasteiger partial charge in [-0.25, -0.2) is 0 Å². The van der Waals surface area contributed by atoms with E-state index in [0.29, 0.717) is 23.8 Å². The minimum absolute atomic E-state index is 0.0276. The van der Waals surface area contributed by atoms with Crippen molar-refractivity contribution in [3.05, 3.63) is 41.0 Å². The number of ether oxygens (including phenoxy) is 3. The highest BCUT2D eigenvalue weighted by Gasteiger charge is 2.35. The molecule has 2 atom stereocenters. The highest BCUT2D eigenvalue weighted by molar-refractivity contribution is 5.95. The first kappa shape index (κ1) is 21.8. The summed E-state index contributed by atoms with van der Waals surface area (Å²) in [6.07, 6.45) is 10.3. The molecule has 0 saturated carbocycles. The summed E-state index contributed by atoms with van der Waals surface area (Å²) in [5.74, 6) is 2.49. The molecule has 4 rings (SSSR count). The Morgan fingerprint density at radius 2 is 2.19 bits per heavy atom. The summed E-state index contributed by atoms with van der Waals surface area (Å²) in [6.45, 7) is 7.95. The standard InChI is InChI=1S/C25H34N2O4/c1-16-7-6-11-25(2,3)19(16)9-8-18(26-28)14-20-22-17(10-12-27(20)4)13-21-23(24(22)29-5)31-15-30-21/h7-9,13,19-20,28H,6,10-12,14-15H2,1-5H3/b9-8-,26-18-/t19-,20-/m1/s1. The maximum absolute atomic E-state index is 9.83. The number of allylic oxidation sites excluding steroid dienone is 4. The fraction of sp³-hybridized carbons (Fsp3) is 0.560. The van der Waals surface area contributed by atoms with Crippen molar-refractivity contribution in [1.29, 1.82) is 0 Å². The van der Waals surface area contributed by atoms with Crippen molar-refractivity contribution in [3.63, 3.8) is 0 Å². The average molecular weight is 427 g/mol. The van der Waals surface area contributed by atoms with Crippen LogP contribution in [0.2, 0.25) is 0 Å². The first-order valence-electron chi connectivity index (χ1n) is 11.1. The Balaban J connectivity index is 1.63. The second kappa shape index (κ2) is 8.58. The summed E-state index contributed by atoms with van der Waals surface area (Å²) in [7, 11) is 3.78. The number of methoxy groups -OCH3 is 1. The van der Waals surface area contributed by atoms with E-state index in [2.05, 4.69) is 56.1 Å². The van der Waals surface area contributed by atoms with Crippen LogP contribution in [0, 0.1) is 11.3 Å². The summed E-state index contributed by atoms with van der Waals surface area (Å²) in [5, 5.41) is 13.5. The number of oxime groups is 1. The van der Waals surface area contributed by atoms with Gasteiger partial charge in [-0.15, -0.1) is 0 Å². The third-order valence-electron chi connectivity index (χ3n) is 7.15. The Morgan fingerprint density at radius 3 is 2.90 bits per heavy atom. The summed E-state index contributed by atoms with van der Waals surface area (Å²) in [4.78, 5) is 2.29. The lowest BCUT2D eigenvalue weighted by Crippen LogP contribution is -2.34. The minimum Gasteiger partial charge on any atom is -0.492 e. The van der Waals surface area contributed by atoms with E-state index in [-0.39, 0.29) is 18.2 Å². The van der Waals surface area contributed by atoms with Gasteiger partial charge in [0.2, 0.25) is 12.5 Å². The molecule has 0 saturated heterocycles. The Labute approximate surface area is 185 Å². The van der Waals surface area contributed by atoms with E-state index in [0.717, 1.165) is 42.9 Å². The third kappa shape index (κ3) is 4.05. The molecule has 0 unspecified atom stereocenters. The van der Waals surface area contributed by atoms with Gasteiger partial charge in [-0.2, -0.15) is 0 Å². The van der Waals surface area contributed by atoms with Gasteiger partial charge in [0.15, 0.2) is 11.5 Å². The van der Waals surface area contributed by atoms with Gasteiger partial charge >= 0.3 is 0 Å². The first-order valence-corrected chi connectivity index (χ1v) is 11.1. The number of likely N-dealkylation sites (N-methyl/N-ethyl adjacent to an activating group) is 1. The largest absolute Gasteiger partial charge is 0.492 e. The molecule has 1 aromatic rings. The van der Waals surface area contributed by atoms with E-state index in [1.54, 1.807) is 7.11 Å². The maximum Gasteiger partial charge on any atom is 0.231 e. The second-order valence-electron chi connectivity index (χ2n) is 9.57. The number of rotatable bonds is 5. The summed E-state index contributed by atoms with van der Waals surface area (Å²) in [5.41, 5.74) is 4.56. The molecular formula is C25H34N2O4. The van der Waals surface area contributed by atoms with Crippen LogP contribution in [-0.2, 0) is 6.42 Å². The molecule has 1 aliphatic carbocycles. The third-order valence-corrected chi connectivity index (χ3v) is 7.15. The molecule has 1 aromatic carbocycles. The highest BCUT2D eigenvalue weighted by atomic mass is 16.7. The molecule has 0 amide bonds. The molecule has 1 N–H and O–H groups in total. The van der Waals surface area contributed by atoms with Crippen LogP contribution >= 0.6 is 0 Å². The molecule has 2 aliphatic heterocycles. The highest BCUT2D eigenvalue weighted by Crippen LogP contribution is 2.50. The predicted octanol–water partition coefficient (Wildman–Crippen LogP) is 5.11. The van der Waals surface area contributed by atoms with Gasteiger partial charge in [-0.05, 0) is 56.4 Å². The molecule has 3 aliphatic rings. The number of benzene rings is 1. The monoisotopic (exact) mass is 426 g/mol. The molecule has 6 heteroatoms. The van der Waals surface area contributed by atoms with Crippen LogP contribution in [0.25, 0.3) is 0 Å². The van der Waals surface area contributed by atoms with E-state index in [1.165, 1.54) is 11.1 Å². The minimum atomic E-state index is 0.0276. The topological polar surface area (TPSA) is 63.5 Å². The normalized spacial score (nSPS) is 25.5. The summed E-state index contributed by atoms with van der Waals surface area (Å²) in [6, 6.07) is 2.10. The predicted molar refractivity (Wildman–Crippen MR) is 121 cm³/mol. The van der Waals surface area contributed by atoms with Crippen LogP contribution < -0.4 is 14.2 Å². The fourth-order valence-corrected chi connectivity index (χ4v) is 5.31. The van der Waals surface area contributed by atoms with Crippen molar-refractivity contribution >= 4 is 5.71 Å². The maximum atomic E-state index is 9.83. The molecule has 0 bridgehead atoms. The first-order chi connectivity index (χ1) is 14.9. The molecule has 2 heterocycles. The van der Waals surface area contributed by atoms with Crippen LogP contribution in [-0.4, -0.2) is 43.3 Å². The molecule has 0 aromatic heterocycles. The van der Waals surface area contributed by atoms with E-state index in [1.807, 2.05) is 6.08 Å². The second-order valence-corrected chi connectivity index (χ2v) is 9.57. The van der Waals surface area contributed by atoms with Gasteiger partial charge in [0.05, 0.1) is 12.8 Å². The molecular weight excluding hydrogens is 392 g/mol. The molecule has 168 valence electrons. The lowest BCUT2D eigenvalue weighted by molar-refractivity contribution is 0.170. The Hall–Kier alpha value is -2.47. The van der Waals surface area contributed by atoms with Crippen LogP contribution in [0.5, 0.6) is 17.2 Å². The van der Waals surface area contributed by atoms with E-state index in [9.17, 15) is 5.21 Å². The molecule has 31 heavy (non-hydrogen) atoms. The van der Waals surface area contributed by atoms with Gasteiger partial charge in [0.25, 0.3) is 0 Å². The van der Waals surface area contributed by atoms with E-state index >= 15 is 0 Å².